The average molecular weight is 1110 g/mol. The van der Waals surface area contributed by atoms with Gasteiger partial charge in [-0.25, -0.2) is 0 Å². The summed E-state index contributed by atoms with van der Waals surface area (Å²) in [6.07, 6.45) is 5.50. The number of nitrogens with one attached hydrogen (secondary N) is 2. The van der Waals surface area contributed by atoms with Crippen LogP contribution in [-0.2, 0) is 23.9 Å². The van der Waals surface area contributed by atoms with E-state index < -0.39 is 38.1 Å². The van der Waals surface area contributed by atoms with Gasteiger partial charge in [-0.3, -0.25) is 13.8 Å². The number of halogens is 2. The van der Waals surface area contributed by atoms with Crippen LogP contribution in [0.5, 0.6) is 23.0 Å². The molecule has 16 heteroatoms. The lowest BCUT2D eigenvalue weighted by molar-refractivity contribution is -0.118. The molecule has 6 unspecified atom stereocenters. The second kappa shape index (κ2) is 23.0. The molecule has 376 valence electrons. The van der Waals surface area contributed by atoms with E-state index in [1.165, 1.54) is 12.1 Å². The van der Waals surface area contributed by atoms with Crippen LogP contribution in [0.15, 0.2) is 105 Å². The van der Waals surface area contributed by atoms with Gasteiger partial charge in [0, 0.05) is 57.9 Å². The number of hydrogen-bond acceptors (Lipinski definition) is 13. The SMILES string of the molecule is CCCC1CC(=O)C2=C(C1)NC(C)=C(C#N)C2c1ccc(OC(Br)c2ccc(S(=O)(=O)OC(C)C)cc2C(Br)Oc2ccc(C3C(C#N)=C(C)NC4=C3C(=O)CC(CCC)C4)cc2OCC)c(OCC)c1. The highest BCUT2D eigenvalue weighted by Crippen LogP contribution is 2.49. The minimum atomic E-state index is -4.22. The third-order valence-electron chi connectivity index (χ3n) is 13.3. The number of dihydropyridines is 2. The minimum absolute atomic E-state index is 0.0238. The van der Waals surface area contributed by atoms with Crippen molar-refractivity contribution in [3.05, 3.63) is 122 Å². The molecule has 2 N–H and O–H groups in total. The first-order valence-electron chi connectivity index (χ1n) is 24.5. The van der Waals surface area contributed by atoms with Crippen molar-refractivity contribution in [3.63, 3.8) is 0 Å². The molecular weight excluding hydrogens is 1050 g/mol. The van der Waals surface area contributed by atoms with Crippen molar-refractivity contribution in [1.82, 2.24) is 10.6 Å². The minimum Gasteiger partial charge on any atom is -0.490 e. The van der Waals surface area contributed by atoms with Crippen LogP contribution in [0.25, 0.3) is 0 Å². The Bertz CT molecular complexity index is 2910. The monoisotopic (exact) mass is 1110 g/mol. The Morgan fingerprint density at radius 2 is 1.10 bits per heavy atom. The summed E-state index contributed by atoms with van der Waals surface area (Å²) in [6.45, 7) is 15.5. The van der Waals surface area contributed by atoms with Crippen molar-refractivity contribution in [3.8, 4) is 35.1 Å². The van der Waals surface area contributed by atoms with E-state index in [1.54, 1.807) is 38.1 Å². The lowest BCUT2D eigenvalue weighted by atomic mass is 9.72. The summed E-state index contributed by atoms with van der Waals surface area (Å²) >= 11 is 7.46. The molecular formula is C55H62Br2N4O9S. The number of rotatable bonds is 19. The van der Waals surface area contributed by atoms with Crippen molar-refractivity contribution < 1.29 is 41.1 Å². The molecule has 7 rings (SSSR count). The van der Waals surface area contributed by atoms with Gasteiger partial charge in [-0.2, -0.15) is 18.9 Å². The van der Waals surface area contributed by atoms with Gasteiger partial charge in [0.2, 0.25) is 0 Å². The number of nitrogens with zero attached hydrogens (tertiary/aromatic N) is 2. The highest BCUT2D eigenvalue weighted by molar-refractivity contribution is 9.09. The van der Waals surface area contributed by atoms with Crippen molar-refractivity contribution in [2.45, 2.75) is 140 Å². The Morgan fingerprint density at radius 1 is 0.648 bits per heavy atom. The number of ketones is 2. The number of alkyl halides is 2. The smallest absolute Gasteiger partial charge is 0.297 e. The van der Waals surface area contributed by atoms with Crippen LogP contribution in [0, 0.1) is 34.5 Å². The van der Waals surface area contributed by atoms with Crippen LogP contribution < -0.4 is 29.6 Å². The van der Waals surface area contributed by atoms with Crippen molar-refractivity contribution >= 4 is 53.5 Å². The first-order valence-corrected chi connectivity index (χ1v) is 27.7. The Morgan fingerprint density at radius 3 is 1.51 bits per heavy atom. The van der Waals surface area contributed by atoms with E-state index in [2.05, 4.69) is 68.5 Å². The zero-order valence-corrected chi connectivity index (χ0v) is 45.5. The fourth-order valence-electron chi connectivity index (χ4n) is 10.3. The Labute approximate surface area is 435 Å². The third-order valence-corrected chi connectivity index (χ3v) is 16.1. The van der Waals surface area contributed by atoms with Gasteiger partial charge in [0.15, 0.2) is 44.6 Å². The predicted octanol–water partition coefficient (Wildman–Crippen LogP) is 12.6. The largest absolute Gasteiger partial charge is 0.490 e. The quantitative estimate of drug-likeness (QED) is 0.0854. The fourth-order valence-corrected chi connectivity index (χ4v) is 12.7. The molecule has 0 bridgehead atoms. The zero-order chi connectivity index (χ0) is 51.3. The molecule has 0 saturated heterocycles. The van der Waals surface area contributed by atoms with Crippen LogP contribution in [0.4, 0.5) is 0 Å². The van der Waals surface area contributed by atoms with Crippen molar-refractivity contribution in [2.75, 3.05) is 13.2 Å². The molecule has 2 aliphatic carbocycles. The number of Topliss-reactive ketones (excluding diaryl/α,β-unsaturated/α-hetero) is 2. The van der Waals surface area contributed by atoms with E-state index in [-0.39, 0.29) is 41.5 Å². The molecule has 3 aromatic carbocycles. The molecule has 13 nitrogen and oxygen atoms in total. The number of benzene rings is 3. The number of hydrogen-bond donors (Lipinski definition) is 2. The molecule has 0 fully saturated rings. The van der Waals surface area contributed by atoms with Gasteiger partial charge < -0.3 is 29.6 Å². The van der Waals surface area contributed by atoms with E-state index in [0.717, 1.165) is 49.9 Å². The highest BCUT2D eigenvalue weighted by Gasteiger charge is 2.41. The van der Waals surface area contributed by atoms with Crippen molar-refractivity contribution in [2.24, 2.45) is 11.8 Å². The fraction of sp³-hybridized carbons (Fsp3) is 0.455. The van der Waals surface area contributed by atoms with Gasteiger partial charge >= 0.3 is 0 Å². The van der Waals surface area contributed by atoms with Gasteiger partial charge in [0.05, 0.1) is 59.3 Å². The summed E-state index contributed by atoms with van der Waals surface area (Å²) in [5.74, 6) is 0.723. The van der Waals surface area contributed by atoms with Crippen LogP contribution in [0.2, 0.25) is 0 Å². The van der Waals surface area contributed by atoms with Crippen molar-refractivity contribution in [1.29, 1.82) is 10.5 Å². The molecule has 0 spiro atoms. The van der Waals surface area contributed by atoms with Crippen LogP contribution in [0.1, 0.15) is 151 Å². The maximum absolute atomic E-state index is 13.9. The summed E-state index contributed by atoms with van der Waals surface area (Å²) in [6, 6.07) is 20.0. The van der Waals surface area contributed by atoms with Gasteiger partial charge in [-0.1, -0.05) is 44.9 Å². The molecule has 71 heavy (non-hydrogen) atoms. The number of allylic oxidation sites excluding steroid dienone is 8. The third kappa shape index (κ3) is 11.5. The highest BCUT2D eigenvalue weighted by atomic mass is 79.9. The molecule has 2 aliphatic heterocycles. The molecule has 0 amide bonds. The lowest BCUT2D eigenvalue weighted by Gasteiger charge is -2.35. The van der Waals surface area contributed by atoms with Gasteiger partial charge in [-0.05, 0) is 158 Å². The zero-order valence-electron chi connectivity index (χ0n) is 41.5. The topological polar surface area (TPSA) is 186 Å². The number of carbonyl (C=O) groups excluding carboxylic acids is 2. The first-order chi connectivity index (χ1) is 34.0. The van der Waals surface area contributed by atoms with Crippen LogP contribution in [-0.4, -0.2) is 39.3 Å². The van der Waals surface area contributed by atoms with Gasteiger partial charge in [-0.15, -0.1) is 0 Å². The summed E-state index contributed by atoms with van der Waals surface area (Å²) in [7, 11) is -4.22. The van der Waals surface area contributed by atoms with Gasteiger partial charge in [0.1, 0.15) is 0 Å². The first kappa shape index (κ1) is 53.4. The standard InChI is InChI=1S/C55H62Br2N4O9S/c1-9-13-33-21-42-52(44(62)23-33)50(40(28-58)31(7)60-42)35-15-19-46(48(25-35)66-11-3)68-54(56)38-18-17-37(71(64,65)70-30(5)6)27-39(38)55(57)69-47-20-16-36(26-49(47)67-12-4)51-41(29-59)32(8)61-43-22-34(14-10-2)24-45(63)53(43)51/h15-20,25-27,30,33-34,50-51,54-55,60-61H,9-14,21-24H2,1-8H3. The second-order valence-corrected chi connectivity index (χ2v) is 21.9. The normalized spacial score (nSPS) is 21.1. The summed E-state index contributed by atoms with van der Waals surface area (Å²) < 4.78 is 58.1. The molecule has 0 saturated carbocycles. The maximum Gasteiger partial charge on any atom is 0.297 e. The molecule has 4 aliphatic rings. The second-order valence-electron chi connectivity index (χ2n) is 18.7. The summed E-state index contributed by atoms with van der Waals surface area (Å²) in [4.78, 5) is 27.6. The molecule has 0 radical (unpaired) electrons. The average Bonchev–Trinajstić information content (AvgIpc) is 3.31. The predicted molar refractivity (Wildman–Crippen MR) is 277 cm³/mol. The van der Waals surface area contributed by atoms with E-state index in [1.807, 2.05) is 45.9 Å². The Kier molecular flexibility index (Phi) is 17.3. The van der Waals surface area contributed by atoms with E-state index in [4.69, 9.17) is 23.1 Å². The summed E-state index contributed by atoms with van der Waals surface area (Å²) in [5.41, 5.74) is 7.53. The van der Waals surface area contributed by atoms with E-state index >= 15 is 0 Å². The number of carbonyl (C=O) groups is 2. The van der Waals surface area contributed by atoms with Crippen LogP contribution in [0.3, 0.4) is 0 Å². The molecule has 6 atom stereocenters. The Balaban J connectivity index is 1.24. The summed E-state index contributed by atoms with van der Waals surface area (Å²) in [5, 5.41) is 25.7. The number of ether oxygens (including phenoxy) is 4. The Hall–Kier alpha value is -5.39. The van der Waals surface area contributed by atoms with E-state index in [9.17, 15) is 28.5 Å². The molecule has 0 aromatic heterocycles. The van der Waals surface area contributed by atoms with Crippen LogP contribution >= 0.6 is 31.9 Å². The van der Waals surface area contributed by atoms with E-state index in [0.29, 0.717) is 91.8 Å². The maximum atomic E-state index is 13.9. The lowest BCUT2D eigenvalue weighted by Crippen LogP contribution is -2.34. The molecule has 2 heterocycles. The molecule has 3 aromatic rings. The van der Waals surface area contributed by atoms with Gasteiger partial charge in [0.25, 0.3) is 10.1 Å². The number of nitriles is 2.